The van der Waals surface area contributed by atoms with E-state index in [1.54, 1.807) is 0 Å². The van der Waals surface area contributed by atoms with Gasteiger partial charge in [-0.25, -0.2) is 0 Å². The van der Waals surface area contributed by atoms with Gasteiger partial charge in [0.25, 0.3) is 0 Å². The highest BCUT2D eigenvalue weighted by Crippen LogP contribution is 2.20. The van der Waals surface area contributed by atoms with Gasteiger partial charge in [0, 0.05) is 25.2 Å². The first kappa shape index (κ1) is 14.6. The van der Waals surface area contributed by atoms with Crippen LogP contribution in [-0.2, 0) is 9.59 Å². The predicted molar refractivity (Wildman–Crippen MR) is 79.4 cm³/mol. The average Bonchev–Trinajstić information content (AvgIpc) is 2.80. The van der Waals surface area contributed by atoms with Gasteiger partial charge in [0.1, 0.15) is 0 Å². The fourth-order valence-corrected chi connectivity index (χ4v) is 2.39. The third-order valence-electron chi connectivity index (χ3n) is 3.69. The number of aryl methyl sites for hydroxylation is 1. The topological polar surface area (TPSA) is 49.4 Å². The molecule has 0 unspecified atom stereocenters. The number of nitrogens with one attached hydrogen (secondary N) is 1. The van der Waals surface area contributed by atoms with E-state index in [1.807, 2.05) is 36.1 Å². The summed E-state index contributed by atoms with van der Waals surface area (Å²) in [7, 11) is 0. The molecule has 1 heterocycles. The number of carbonyl (C=O) groups is 2. The highest BCUT2D eigenvalue weighted by molar-refractivity contribution is 5.97. The number of amides is 2. The molecule has 4 heteroatoms. The quantitative estimate of drug-likeness (QED) is 0.897. The number of hydrogen-bond acceptors (Lipinski definition) is 2. The largest absolute Gasteiger partial charge is 0.342 e. The van der Waals surface area contributed by atoms with Crippen molar-refractivity contribution < 1.29 is 9.59 Å². The molecule has 2 amide bonds. The van der Waals surface area contributed by atoms with Crippen LogP contribution in [0.3, 0.4) is 0 Å². The highest BCUT2D eigenvalue weighted by atomic mass is 16.2. The van der Waals surface area contributed by atoms with Gasteiger partial charge < -0.3 is 10.2 Å². The molecule has 0 bridgehead atoms. The molecule has 1 atom stereocenters. The van der Waals surface area contributed by atoms with Crippen molar-refractivity contribution in [3.8, 4) is 0 Å². The smallest absolute Gasteiger partial charge is 0.229 e. The summed E-state index contributed by atoms with van der Waals surface area (Å²) in [5, 5.41) is 2.89. The van der Waals surface area contributed by atoms with Crippen LogP contribution < -0.4 is 5.32 Å². The molecular formula is C16H22N2O2. The Labute approximate surface area is 120 Å². The third-order valence-corrected chi connectivity index (χ3v) is 3.69. The Morgan fingerprint density at radius 1 is 1.35 bits per heavy atom. The second-order valence-electron chi connectivity index (χ2n) is 5.45. The first-order chi connectivity index (χ1) is 9.60. The number of anilines is 1. The summed E-state index contributed by atoms with van der Waals surface area (Å²) in [5.74, 6) is -0.177. The summed E-state index contributed by atoms with van der Waals surface area (Å²) in [6.07, 6.45) is 2.39. The molecule has 1 aliphatic heterocycles. The van der Waals surface area contributed by atoms with Crippen molar-refractivity contribution in [3.63, 3.8) is 0 Å². The fraction of sp³-hybridized carbons (Fsp3) is 0.500. The average molecular weight is 274 g/mol. The molecule has 1 aliphatic rings. The zero-order valence-corrected chi connectivity index (χ0v) is 12.2. The van der Waals surface area contributed by atoms with Gasteiger partial charge in [0.05, 0.1) is 5.92 Å². The number of benzene rings is 1. The second-order valence-corrected chi connectivity index (χ2v) is 5.45. The van der Waals surface area contributed by atoms with E-state index in [2.05, 4.69) is 12.2 Å². The number of unbranched alkanes of at least 4 members (excludes halogenated alkanes) is 1. The lowest BCUT2D eigenvalue weighted by atomic mass is 10.1. The van der Waals surface area contributed by atoms with Crippen molar-refractivity contribution in [2.24, 2.45) is 5.92 Å². The fourth-order valence-electron chi connectivity index (χ4n) is 2.39. The van der Waals surface area contributed by atoms with E-state index < -0.39 is 0 Å². The molecule has 2 rings (SSSR count). The number of likely N-dealkylation sites (tertiary alicyclic amines) is 1. The van der Waals surface area contributed by atoms with E-state index in [-0.39, 0.29) is 17.7 Å². The molecule has 1 saturated heterocycles. The number of rotatable bonds is 5. The van der Waals surface area contributed by atoms with Gasteiger partial charge in [-0.3, -0.25) is 9.59 Å². The zero-order chi connectivity index (χ0) is 14.5. The SMILES string of the molecule is CCCCN1C[C@@H](C(=O)Nc2ccc(C)cc2)CC1=O. The summed E-state index contributed by atoms with van der Waals surface area (Å²) in [4.78, 5) is 25.8. The maximum absolute atomic E-state index is 12.2. The summed E-state index contributed by atoms with van der Waals surface area (Å²) < 4.78 is 0. The lowest BCUT2D eigenvalue weighted by Gasteiger charge is -2.16. The van der Waals surface area contributed by atoms with E-state index in [9.17, 15) is 9.59 Å². The van der Waals surface area contributed by atoms with Gasteiger partial charge in [0.15, 0.2) is 0 Å². The Morgan fingerprint density at radius 2 is 2.05 bits per heavy atom. The van der Waals surface area contributed by atoms with Crippen molar-refractivity contribution in [2.45, 2.75) is 33.1 Å². The first-order valence-electron chi connectivity index (χ1n) is 7.25. The van der Waals surface area contributed by atoms with E-state index in [1.165, 1.54) is 0 Å². The van der Waals surface area contributed by atoms with Gasteiger partial charge in [-0.15, -0.1) is 0 Å². The molecule has 1 aromatic rings. The lowest BCUT2D eigenvalue weighted by Crippen LogP contribution is -2.29. The molecule has 0 radical (unpaired) electrons. The molecular weight excluding hydrogens is 252 g/mol. The Balaban J connectivity index is 1.90. The molecule has 1 fully saturated rings. The van der Waals surface area contributed by atoms with E-state index in [4.69, 9.17) is 0 Å². The van der Waals surface area contributed by atoms with Crippen molar-refractivity contribution >= 4 is 17.5 Å². The van der Waals surface area contributed by atoms with Crippen LogP contribution in [0.2, 0.25) is 0 Å². The minimum absolute atomic E-state index is 0.0544. The summed E-state index contributed by atoms with van der Waals surface area (Å²) in [6.45, 7) is 5.43. The molecule has 1 aromatic carbocycles. The molecule has 1 N–H and O–H groups in total. The molecule has 0 spiro atoms. The van der Waals surface area contributed by atoms with Gasteiger partial charge in [0.2, 0.25) is 11.8 Å². The molecule has 20 heavy (non-hydrogen) atoms. The Bertz CT molecular complexity index is 482. The Hall–Kier alpha value is -1.84. The number of carbonyl (C=O) groups excluding carboxylic acids is 2. The maximum Gasteiger partial charge on any atom is 0.229 e. The van der Waals surface area contributed by atoms with Gasteiger partial charge >= 0.3 is 0 Å². The van der Waals surface area contributed by atoms with Crippen molar-refractivity contribution in [1.82, 2.24) is 4.90 Å². The Kier molecular flexibility index (Phi) is 4.77. The molecule has 0 aliphatic carbocycles. The van der Waals surface area contributed by atoms with Crippen LogP contribution in [0.5, 0.6) is 0 Å². The van der Waals surface area contributed by atoms with Crippen molar-refractivity contribution in [2.75, 3.05) is 18.4 Å². The highest BCUT2D eigenvalue weighted by Gasteiger charge is 2.33. The van der Waals surface area contributed by atoms with Crippen LogP contribution in [0.4, 0.5) is 5.69 Å². The van der Waals surface area contributed by atoms with Gasteiger partial charge in [-0.05, 0) is 25.5 Å². The number of nitrogens with zero attached hydrogens (tertiary/aromatic N) is 1. The Morgan fingerprint density at radius 3 is 2.70 bits per heavy atom. The molecule has 108 valence electrons. The zero-order valence-electron chi connectivity index (χ0n) is 12.2. The third kappa shape index (κ3) is 3.59. The van der Waals surface area contributed by atoms with Crippen LogP contribution in [0, 0.1) is 12.8 Å². The molecule has 4 nitrogen and oxygen atoms in total. The van der Waals surface area contributed by atoms with E-state index >= 15 is 0 Å². The van der Waals surface area contributed by atoms with Crippen molar-refractivity contribution in [1.29, 1.82) is 0 Å². The predicted octanol–water partition coefficient (Wildman–Crippen LogP) is 2.58. The van der Waals surface area contributed by atoms with Crippen LogP contribution in [0.15, 0.2) is 24.3 Å². The summed E-state index contributed by atoms with van der Waals surface area (Å²) >= 11 is 0. The summed E-state index contributed by atoms with van der Waals surface area (Å²) in [5.41, 5.74) is 1.95. The molecule has 0 saturated carbocycles. The van der Waals surface area contributed by atoms with Crippen molar-refractivity contribution in [3.05, 3.63) is 29.8 Å². The second kappa shape index (κ2) is 6.55. The van der Waals surface area contributed by atoms with E-state index in [0.29, 0.717) is 13.0 Å². The standard InChI is InChI=1S/C16H22N2O2/c1-3-4-9-18-11-13(10-15(18)19)16(20)17-14-7-5-12(2)6-8-14/h5-8,13H,3-4,9-11H2,1-2H3,(H,17,20)/t13-/m0/s1. The normalized spacial score (nSPS) is 18.4. The maximum atomic E-state index is 12.2. The monoisotopic (exact) mass is 274 g/mol. The molecule has 0 aromatic heterocycles. The number of hydrogen-bond donors (Lipinski definition) is 1. The lowest BCUT2D eigenvalue weighted by molar-refractivity contribution is -0.128. The first-order valence-corrected chi connectivity index (χ1v) is 7.25. The van der Waals surface area contributed by atoms with Gasteiger partial charge in [-0.2, -0.15) is 0 Å². The summed E-state index contributed by atoms with van der Waals surface area (Å²) in [6, 6.07) is 7.70. The van der Waals surface area contributed by atoms with Crippen LogP contribution in [-0.4, -0.2) is 29.8 Å². The van der Waals surface area contributed by atoms with Gasteiger partial charge in [-0.1, -0.05) is 31.0 Å². The van der Waals surface area contributed by atoms with E-state index in [0.717, 1.165) is 30.6 Å². The minimum atomic E-state index is -0.222. The van der Waals surface area contributed by atoms with Crippen LogP contribution in [0.1, 0.15) is 31.7 Å². The van der Waals surface area contributed by atoms with Crippen LogP contribution in [0.25, 0.3) is 0 Å². The van der Waals surface area contributed by atoms with Crippen LogP contribution >= 0.6 is 0 Å². The minimum Gasteiger partial charge on any atom is -0.342 e.